The summed E-state index contributed by atoms with van der Waals surface area (Å²) in [5, 5.41) is 12.0. The van der Waals surface area contributed by atoms with Gasteiger partial charge in [-0.25, -0.2) is 0 Å². The van der Waals surface area contributed by atoms with E-state index in [4.69, 9.17) is 9.84 Å². The summed E-state index contributed by atoms with van der Waals surface area (Å²) in [6.07, 6.45) is 3.41. The fourth-order valence-electron chi connectivity index (χ4n) is 2.09. The third kappa shape index (κ3) is 4.04. The normalized spacial score (nSPS) is 18.8. The summed E-state index contributed by atoms with van der Waals surface area (Å²) < 4.78 is 5.41. The van der Waals surface area contributed by atoms with Crippen LogP contribution < -0.4 is 5.32 Å². The van der Waals surface area contributed by atoms with Gasteiger partial charge in [0.05, 0.1) is 12.5 Å². The zero-order valence-corrected chi connectivity index (χ0v) is 10.4. The van der Waals surface area contributed by atoms with E-state index in [1.807, 2.05) is 12.1 Å². The lowest BCUT2D eigenvalue weighted by atomic mass is 10.1. The first-order valence-corrected chi connectivity index (χ1v) is 6.40. The number of carbonyl (C=O) groups is 1. The summed E-state index contributed by atoms with van der Waals surface area (Å²) in [7, 11) is 0. The molecule has 1 saturated heterocycles. The molecule has 2 N–H and O–H groups in total. The van der Waals surface area contributed by atoms with E-state index in [9.17, 15) is 4.79 Å². The van der Waals surface area contributed by atoms with E-state index in [1.54, 1.807) is 12.1 Å². The quantitative estimate of drug-likeness (QED) is 0.833. The van der Waals surface area contributed by atoms with Gasteiger partial charge >= 0.3 is 0 Å². The molecular weight excluding hydrogens is 230 g/mol. The lowest BCUT2D eigenvalue weighted by Gasteiger charge is -2.09. The van der Waals surface area contributed by atoms with Crippen molar-refractivity contribution < 1.29 is 14.6 Å². The Bertz CT molecular complexity index is 383. The van der Waals surface area contributed by atoms with E-state index in [1.165, 1.54) is 0 Å². The fraction of sp³-hybridized carbons (Fsp3) is 0.500. The molecule has 0 aromatic heterocycles. The maximum atomic E-state index is 11.6. The van der Waals surface area contributed by atoms with Crippen molar-refractivity contribution in [2.45, 2.75) is 31.8 Å². The summed E-state index contributed by atoms with van der Waals surface area (Å²) >= 11 is 0. The largest absolute Gasteiger partial charge is 0.508 e. The molecule has 0 bridgehead atoms. The fourth-order valence-corrected chi connectivity index (χ4v) is 2.09. The van der Waals surface area contributed by atoms with Crippen LogP contribution in [-0.4, -0.2) is 30.3 Å². The van der Waals surface area contributed by atoms with E-state index in [0.717, 1.165) is 31.4 Å². The van der Waals surface area contributed by atoms with E-state index in [0.29, 0.717) is 13.0 Å². The number of hydrogen-bond donors (Lipinski definition) is 2. The Morgan fingerprint density at radius 2 is 2.17 bits per heavy atom. The molecule has 0 saturated carbocycles. The van der Waals surface area contributed by atoms with Gasteiger partial charge in [0.1, 0.15) is 5.75 Å². The smallest absolute Gasteiger partial charge is 0.222 e. The molecule has 1 atom stereocenters. The van der Waals surface area contributed by atoms with Gasteiger partial charge < -0.3 is 15.2 Å². The number of carbonyl (C=O) groups excluding carboxylic acids is 1. The van der Waals surface area contributed by atoms with Gasteiger partial charge in [0.15, 0.2) is 0 Å². The highest BCUT2D eigenvalue weighted by Crippen LogP contribution is 2.15. The Kier molecular flexibility index (Phi) is 4.59. The monoisotopic (exact) mass is 249 g/mol. The zero-order chi connectivity index (χ0) is 12.8. The Morgan fingerprint density at radius 3 is 2.83 bits per heavy atom. The second-order valence-corrected chi connectivity index (χ2v) is 4.61. The molecule has 1 aromatic carbocycles. The van der Waals surface area contributed by atoms with Gasteiger partial charge in [-0.2, -0.15) is 0 Å². The number of benzene rings is 1. The van der Waals surface area contributed by atoms with E-state index >= 15 is 0 Å². The van der Waals surface area contributed by atoms with Crippen LogP contribution in [0.2, 0.25) is 0 Å². The average Bonchev–Trinajstić information content (AvgIpc) is 2.84. The second kappa shape index (κ2) is 6.40. The summed E-state index contributed by atoms with van der Waals surface area (Å²) in [6.45, 7) is 1.40. The molecule has 4 nitrogen and oxygen atoms in total. The molecule has 1 fully saturated rings. The first-order chi connectivity index (χ1) is 8.74. The summed E-state index contributed by atoms with van der Waals surface area (Å²) in [5.74, 6) is 0.321. The first-order valence-electron chi connectivity index (χ1n) is 6.40. The number of amides is 1. The molecule has 2 rings (SSSR count). The van der Waals surface area contributed by atoms with Crippen molar-refractivity contribution in [3.8, 4) is 5.75 Å². The molecule has 1 aliphatic heterocycles. The highest BCUT2D eigenvalue weighted by Gasteiger charge is 2.18. The molecule has 18 heavy (non-hydrogen) atoms. The lowest BCUT2D eigenvalue weighted by molar-refractivity contribution is -0.123. The standard InChI is InChI=1S/C14H19NO3/c16-12-5-3-11(4-6-12)7-8-15-14(17)10-13-2-1-9-18-13/h3-6,13,16H,1-2,7-10H2,(H,15,17). The molecule has 1 aromatic rings. The van der Waals surface area contributed by atoms with E-state index < -0.39 is 0 Å². The maximum Gasteiger partial charge on any atom is 0.222 e. The molecule has 98 valence electrons. The Balaban J connectivity index is 1.65. The first kappa shape index (κ1) is 12.9. The van der Waals surface area contributed by atoms with E-state index in [-0.39, 0.29) is 17.8 Å². The van der Waals surface area contributed by atoms with Crippen molar-refractivity contribution in [3.05, 3.63) is 29.8 Å². The van der Waals surface area contributed by atoms with Crippen LogP contribution in [0.1, 0.15) is 24.8 Å². The summed E-state index contributed by atoms with van der Waals surface area (Å²) in [4.78, 5) is 11.6. The minimum absolute atomic E-state index is 0.0562. The van der Waals surface area contributed by atoms with Crippen LogP contribution in [0.4, 0.5) is 0 Å². The number of ether oxygens (including phenoxy) is 1. The molecule has 1 amide bonds. The maximum absolute atomic E-state index is 11.6. The number of aromatic hydroxyl groups is 1. The van der Waals surface area contributed by atoms with Gasteiger partial charge in [-0.3, -0.25) is 4.79 Å². The van der Waals surface area contributed by atoms with Crippen molar-refractivity contribution in [1.82, 2.24) is 5.32 Å². The van der Waals surface area contributed by atoms with Crippen LogP contribution in [-0.2, 0) is 16.0 Å². The number of phenolic OH excluding ortho intramolecular Hbond substituents is 1. The van der Waals surface area contributed by atoms with Crippen LogP contribution in [0.5, 0.6) is 5.75 Å². The third-order valence-electron chi connectivity index (χ3n) is 3.11. The van der Waals surface area contributed by atoms with Gasteiger partial charge in [-0.1, -0.05) is 12.1 Å². The number of phenols is 1. The summed E-state index contributed by atoms with van der Waals surface area (Å²) in [5.41, 5.74) is 1.10. The third-order valence-corrected chi connectivity index (χ3v) is 3.11. The van der Waals surface area contributed by atoms with Gasteiger partial charge in [-0.15, -0.1) is 0 Å². The molecule has 1 aliphatic rings. The van der Waals surface area contributed by atoms with Crippen molar-refractivity contribution >= 4 is 5.91 Å². The summed E-state index contributed by atoms with van der Waals surface area (Å²) in [6, 6.07) is 7.04. The second-order valence-electron chi connectivity index (χ2n) is 4.61. The van der Waals surface area contributed by atoms with Crippen LogP contribution in [0.3, 0.4) is 0 Å². The number of rotatable bonds is 5. The minimum Gasteiger partial charge on any atom is -0.508 e. The highest BCUT2D eigenvalue weighted by molar-refractivity contribution is 5.76. The van der Waals surface area contributed by atoms with Crippen LogP contribution >= 0.6 is 0 Å². The molecule has 1 heterocycles. The van der Waals surface area contributed by atoms with Gasteiger partial charge in [0.25, 0.3) is 0 Å². The zero-order valence-electron chi connectivity index (χ0n) is 10.4. The Hall–Kier alpha value is -1.55. The highest BCUT2D eigenvalue weighted by atomic mass is 16.5. The predicted octanol–water partition coefficient (Wildman–Crippen LogP) is 1.62. The molecular formula is C14H19NO3. The van der Waals surface area contributed by atoms with Crippen molar-refractivity contribution in [2.24, 2.45) is 0 Å². The molecule has 0 aliphatic carbocycles. The molecule has 0 radical (unpaired) electrons. The van der Waals surface area contributed by atoms with Crippen molar-refractivity contribution in [3.63, 3.8) is 0 Å². The van der Waals surface area contributed by atoms with Crippen LogP contribution in [0, 0.1) is 0 Å². The van der Waals surface area contributed by atoms with Gasteiger partial charge in [0.2, 0.25) is 5.91 Å². The van der Waals surface area contributed by atoms with E-state index in [2.05, 4.69) is 5.32 Å². The lowest BCUT2D eigenvalue weighted by Crippen LogP contribution is -2.28. The average molecular weight is 249 g/mol. The molecule has 0 spiro atoms. The van der Waals surface area contributed by atoms with Crippen LogP contribution in [0.25, 0.3) is 0 Å². The minimum atomic E-state index is 0.0562. The number of hydrogen-bond acceptors (Lipinski definition) is 3. The molecule has 4 heteroatoms. The van der Waals surface area contributed by atoms with Crippen LogP contribution in [0.15, 0.2) is 24.3 Å². The molecule has 1 unspecified atom stereocenters. The Labute approximate surface area is 107 Å². The van der Waals surface area contributed by atoms with Gasteiger partial charge in [0, 0.05) is 13.2 Å². The SMILES string of the molecule is O=C(CC1CCCO1)NCCc1ccc(O)cc1. The van der Waals surface area contributed by atoms with Crippen molar-refractivity contribution in [2.75, 3.05) is 13.2 Å². The van der Waals surface area contributed by atoms with Gasteiger partial charge in [-0.05, 0) is 37.0 Å². The number of nitrogens with one attached hydrogen (secondary N) is 1. The predicted molar refractivity (Wildman–Crippen MR) is 68.4 cm³/mol. The topological polar surface area (TPSA) is 58.6 Å². The Morgan fingerprint density at radius 1 is 1.39 bits per heavy atom. The van der Waals surface area contributed by atoms with Crippen molar-refractivity contribution in [1.29, 1.82) is 0 Å².